The maximum Gasteiger partial charge on any atom is 0.392 e. The van der Waals surface area contributed by atoms with Gasteiger partial charge in [-0.15, -0.1) is 0 Å². The topological polar surface area (TPSA) is 38.7 Å². The van der Waals surface area contributed by atoms with E-state index < -0.39 is 36.7 Å². The molecule has 152 valence electrons. The van der Waals surface area contributed by atoms with Gasteiger partial charge in [-0.25, -0.2) is 8.79 Å². The number of carbonyl (C=O) groups excluding carboxylic acids is 1. The monoisotopic (exact) mass is 471 g/mol. The average molecular weight is 472 g/mol. The van der Waals surface area contributed by atoms with E-state index in [1.807, 2.05) is 20.8 Å². The smallest absolute Gasteiger partial charge is 0.392 e. The molecule has 1 unspecified atom stereocenters. The molecular formula is C18H22BrF4NO2S. The van der Waals surface area contributed by atoms with Crippen molar-refractivity contribution >= 4 is 39.6 Å². The highest BCUT2D eigenvalue weighted by atomic mass is 79.9. The molecule has 27 heavy (non-hydrogen) atoms. The van der Waals surface area contributed by atoms with Crippen LogP contribution in [-0.4, -0.2) is 29.2 Å². The van der Waals surface area contributed by atoms with Gasteiger partial charge in [0.25, 0.3) is 0 Å². The van der Waals surface area contributed by atoms with E-state index in [-0.39, 0.29) is 22.6 Å². The van der Waals surface area contributed by atoms with Crippen molar-refractivity contribution in [2.45, 2.75) is 51.5 Å². The van der Waals surface area contributed by atoms with Gasteiger partial charge in [-0.2, -0.15) is 13.2 Å². The van der Waals surface area contributed by atoms with E-state index in [9.17, 15) is 22.4 Å². The van der Waals surface area contributed by atoms with E-state index in [0.29, 0.717) is 4.47 Å². The fraction of sp³-hybridized carbons (Fsp3) is 0.556. The lowest BCUT2D eigenvalue weighted by Crippen LogP contribution is -2.29. The van der Waals surface area contributed by atoms with Gasteiger partial charge in [0.05, 0.1) is 24.7 Å². The van der Waals surface area contributed by atoms with Gasteiger partial charge in [-0.3, -0.25) is 4.79 Å². The third-order valence-electron chi connectivity index (χ3n) is 3.29. The number of rotatable bonds is 7. The molecule has 0 aromatic heterocycles. The molecule has 0 heterocycles. The Labute approximate surface area is 169 Å². The Balaban J connectivity index is 3.27. The summed E-state index contributed by atoms with van der Waals surface area (Å²) in [4.78, 5) is 11.6. The summed E-state index contributed by atoms with van der Waals surface area (Å²) < 4.78 is 63.7. The molecule has 0 N–H and O–H groups in total. The fourth-order valence-corrected chi connectivity index (χ4v) is 2.98. The maximum absolute atomic E-state index is 14.3. The predicted octanol–water partition coefficient (Wildman–Crippen LogP) is 6.35. The molecule has 0 aliphatic carbocycles. The number of esters is 1. The first-order valence-corrected chi connectivity index (χ1v) is 9.83. The molecule has 0 fully saturated rings. The number of alkyl halides is 3. The summed E-state index contributed by atoms with van der Waals surface area (Å²) in [7, 11) is 0. The molecular weight excluding hydrogens is 450 g/mol. The van der Waals surface area contributed by atoms with Crippen molar-refractivity contribution in [3.63, 3.8) is 0 Å². The van der Waals surface area contributed by atoms with Crippen LogP contribution < -0.4 is 0 Å². The molecule has 0 saturated carbocycles. The highest BCUT2D eigenvalue weighted by Crippen LogP contribution is 2.35. The predicted molar refractivity (Wildman–Crippen MR) is 103 cm³/mol. The van der Waals surface area contributed by atoms with Crippen LogP contribution in [0, 0.1) is 11.7 Å². The first-order valence-electron chi connectivity index (χ1n) is 8.26. The second-order valence-corrected chi connectivity index (χ2v) is 9.32. The maximum atomic E-state index is 14.3. The van der Waals surface area contributed by atoms with Gasteiger partial charge in [-0.05, 0) is 57.8 Å². The lowest BCUT2D eigenvalue weighted by Gasteiger charge is -2.22. The Morgan fingerprint density at radius 1 is 1.26 bits per heavy atom. The molecule has 0 spiro atoms. The summed E-state index contributed by atoms with van der Waals surface area (Å²) in [6, 6.07) is 3.99. The number of nitrogens with zero attached hydrogens (tertiary/aromatic N) is 1. The van der Waals surface area contributed by atoms with E-state index in [2.05, 4.69) is 25.1 Å². The Hall–Kier alpha value is -1.09. The zero-order valence-electron chi connectivity index (χ0n) is 15.5. The van der Waals surface area contributed by atoms with Crippen LogP contribution in [0.2, 0.25) is 0 Å². The van der Waals surface area contributed by atoms with Gasteiger partial charge in [0, 0.05) is 21.2 Å². The van der Waals surface area contributed by atoms with Crippen LogP contribution in [-0.2, 0) is 9.53 Å². The molecule has 0 aliphatic heterocycles. The first-order chi connectivity index (χ1) is 12.3. The van der Waals surface area contributed by atoms with Crippen LogP contribution in [0.4, 0.5) is 17.6 Å². The molecule has 0 bridgehead atoms. The minimum atomic E-state index is -4.65. The Morgan fingerprint density at radius 3 is 2.41 bits per heavy atom. The van der Waals surface area contributed by atoms with E-state index in [4.69, 9.17) is 0 Å². The molecule has 1 aromatic carbocycles. The quantitative estimate of drug-likeness (QED) is 0.201. The molecule has 1 atom stereocenters. The number of halogens is 5. The zero-order valence-corrected chi connectivity index (χ0v) is 17.9. The SMILES string of the molecule is CCOC(=O)CC(C/C(=N/SC(C)(C)C)c1cc(Br)ccc1F)C(F)(F)F. The normalized spacial score (nSPS) is 14.2. The van der Waals surface area contributed by atoms with E-state index in [0.717, 1.165) is 18.0 Å². The van der Waals surface area contributed by atoms with Gasteiger partial charge in [0.2, 0.25) is 0 Å². The van der Waals surface area contributed by atoms with Crippen molar-refractivity contribution in [3.8, 4) is 0 Å². The number of hydrogen-bond acceptors (Lipinski definition) is 4. The fourth-order valence-electron chi connectivity index (χ4n) is 2.07. The van der Waals surface area contributed by atoms with Crippen molar-refractivity contribution in [2.24, 2.45) is 10.3 Å². The summed E-state index contributed by atoms with van der Waals surface area (Å²) in [6.07, 6.45) is -6.12. The van der Waals surface area contributed by atoms with Gasteiger partial charge >= 0.3 is 12.1 Å². The average Bonchev–Trinajstić information content (AvgIpc) is 2.51. The lowest BCUT2D eigenvalue weighted by molar-refractivity contribution is -0.182. The van der Waals surface area contributed by atoms with Crippen LogP contribution in [0.3, 0.4) is 0 Å². The van der Waals surface area contributed by atoms with Crippen LogP contribution in [0.1, 0.15) is 46.1 Å². The van der Waals surface area contributed by atoms with Crippen molar-refractivity contribution in [1.82, 2.24) is 0 Å². The minimum absolute atomic E-state index is 0.00943. The number of ether oxygens (including phenoxy) is 1. The van der Waals surface area contributed by atoms with Gasteiger partial charge in [-0.1, -0.05) is 15.9 Å². The van der Waals surface area contributed by atoms with Crippen molar-refractivity contribution < 1.29 is 27.1 Å². The minimum Gasteiger partial charge on any atom is -0.466 e. The van der Waals surface area contributed by atoms with Crippen molar-refractivity contribution in [1.29, 1.82) is 0 Å². The Kier molecular flexibility index (Phi) is 8.79. The largest absolute Gasteiger partial charge is 0.466 e. The summed E-state index contributed by atoms with van der Waals surface area (Å²) in [5.74, 6) is -3.64. The molecule has 3 nitrogen and oxygen atoms in total. The van der Waals surface area contributed by atoms with Gasteiger partial charge in [0.1, 0.15) is 5.82 Å². The number of carbonyl (C=O) groups is 1. The molecule has 1 aromatic rings. The first kappa shape index (κ1) is 23.9. The second-order valence-electron chi connectivity index (χ2n) is 6.82. The van der Waals surface area contributed by atoms with Gasteiger partial charge in [0.15, 0.2) is 0 Å². The highest BCUT2D eigenvalue weighted by Gasteiger charge is 2.42. The third kappa shape index (κ3) is 8.64. The molecule has 0 amide bonds. The zero-order chi connectivity index (χ0) is 20.8. The Morgan fingerprint density at radius 2 is 1.89 bits per heavy atom. The standard InChI is InChI=1S/C18H22BrF4NO2S/c1-5-26-16(25)9-11(18(21,22)23)8-15(24-27-17(2,3)4)13-10-12(19)6-7-14(13)20/h6-7,10-11H,5,8-9H2,1-4H3/b24-15-. The van der Waals surface area contributed by atoms with Crippen LogP contribution in [0.25, 0.3) is 0 Å². The second kappa shape index (κ2) is 9.91. The summed E-state index contributed by atoms with van der Waals surface area (Å²) in [5, 5.41) is 0. The van der Waals surface area contributed by atoms with E-state index in [1.54, 1.807) is 0 Å². The highest BCUT2D eigenvalue weighted by molar-refractivity contribution is 9.10. The van der Waals surface area contributed by atoms with E-state index in [1.165, 1.54) is 19.1 Å². The Bertz CT molecular complexity index is 687. The van der Waals surface area contributed by atoms with Crippen molar-refractivity contribution in [2.75, 3.05) is 6.61 Å². The van der Waals surface area contributed by atoms with Crippen LogP contribution >= 0.6 is 27.9 Å². The number of hydrogen-bond donors (Lipinski definition) is 0. The van der Waals surface area contributed by atoms with Crippen molar-refractivity contribution in [3.05, 3.63) is 34.1 Å². The molecule has 0 radical (unpaired) electrons. The summed E-state index contributed by atoms with van der Waals surface area (Å²) in [6.45, 7) is 7.04. The summed E-state index contributed by atoms with van der Waals surface area (Å²) >= 11 is 4.25. The lowest BCUT2D eigenvalue weighted by atomic mass is 9.94. The molecule has 0 saturated heterocycles. The molecule has 1 rings (SSSR count). The van der Waals surface area contributed by atoms with Crippen LogP contribution in [0.5, 0.6) is 0 Å². The third-order valence-corrected chi connectivity index (χ3v) is 4.64. The van der Waals surface area contributed by atoms with E-state index >= 15 is 0 Å². The van der Waals surface area contributed by atoms with Gasteiger partial charge < -0.3 is 4.74 Å². The molecule has 9 heteroatoms. The molecule has 0 aliphatic rings. The van der Waals surface area contributed by atoms with Crippen LogP contribution in [0.15, 0.2) is 27.1 Å². The number of benzene rings is 1. The summed E-state index contributed by atoms with van der Waals surface area (Å²) in [5.41, 5.74) is -0.0837.